The van der Waals surface area contributed by atoms with Crippen molar-refractivity contribution >= 4 is 0 Å². The lowest BCUT2D eigenvalue weighted by molar-refractivity contribution is 0.0130. The van der Waals surface area contributed by atoms with Gasteiger partial charge in [0.05, 0.1) is 17.8 Å². The van der Waals surface area contributed by atoms with Gasteiger partial charge in [0.1, 0.15) is 0 Å². The maximum Gasteiger partial charge on any atom is 0.0762 e. The molecule has 19 heavy (non-hydrogen) atoms. The molecule has 1 N–H and O–H groups in total. The minimum atomic E-state index is 0.383. The first-order chi connectivity index (χ1) is 9.22. The summed E-state index contributed by atoms with van der Waals surface area (Å²) in [4.78, 5) is 0. The molecule has 1 fully saturated rings. The maximum atomic E-state index is 5.57. The summed E-state index contributed by atoms with van der Waals surface area (Å²) in [5, 5.41) is 8.28. The molecule has 1 aliphatic heterocycles. The lowest BCUT2D eigenvalue weighted by atomic mass is 10.0. The normalized spacial score (nSPS) is 24.0. The van der Waals surface area contributed by atoms with E-state index in [9.17, 15) is 0 Å². The van der Waals surface area contributed by atoms with Gasteiger partial charge in [-0.25, -0.2) is 0 Å². The zero-order chi connectivity index (χ0) is 13.7. The molecule has 0 spiro atoms. The van der Waals surface area contributed by atoms with Gasteiger partial charge in [0.2, 0.25) is 0 Å². The van der Waals surface area contributed by atoms with Crippen molar-refractivity contribution in [1.82, 2.24) is 15.1 Å². The van der Waals surface area contributed by atoms with Gasteiger partial charge in [-0.05, 0) is 38.7 Å². The second-order valence-electron chi connectivity index (χ2n) is 5.54. The van der Waals surface area contributed by atoms with Gasteiger partial charge in [-0.2, -0.15) is 5.10 Å². The van der Waals surface area contributed by atoms with E-state index in [2.05, 4.69) is 48.1 Å². The number of ether oxygens (including phenoxy) is 1. The molecule has 1 aromatic rings. The average molecular weight is 265 g/mol. The molecule has 2 atom stereocenters. The summed E-state index contributed by atoms with van der Waals surface area (Å²) in [6.07, 6.45) is 6.99. The van der Waals surface area contributed by atoms with Crippen LogP contribution in [0.2, 0.25) is 0 Å². The third-order valence-electron chi connectivity index (χ3n) is 4.04. The molecular weight excluding hydrogens is 238 g/mol. The summed E-state index contributed by atoms with van der Waals surface area (Å²) >= 11 is 0. The molecule has 0 bridgehead atoms. The van der Waals surface area contributed by atoms with Gasteiger partial charge < -0.3 is 10.1 Å². The molecule has 4 nitrogen and oxygen atoms in total. The van der Waals surface area contributed by atoms with E-state index in [0.717, 1.165) is 44.5 Å². The fourth-order valence-electron chi connectivity index (χ4n) is 2.77. The molecule has 1 saturated heterocycles. The van der Waals surface area contributed by atoms with E-state index < -0.39 is 0 Å². The molecule has 0 amide bonds. The van der Waals surface area contributed by atoms with Crippen LogP contribution in [0, 0.1) is 0 Å². The summed E-state index contributed by atoms with van der Waals surface area (Å²) in [6.45, 7) is 8.33. The Balaban J connectivity index is 1.83. The van der Waals surface area contributed by atoms with E-state index in [0.29, 0.717) is 18.2 Å². The fraction of sp³-hybridized carbons (Fsp3) is 0.800. The second kappa shape index (κ2) is 7.06. The van der Waals surface area contributed by atoms with Gasteiger partial charge in [0.25, 0.3) is 0 Å². The molecule has 0 aromatic carbocycles. The first-order valence-corrected chi connectivity index (χ1v) is 7.61. The van der Waals surface area contributed by atoms with Crippen LogP contribution in [0.15, 0.2) is 12.3 Å². The van der Waals surface area contributed by atoms with E-state index in [1.54, 1.807) is 0 Å². The predicted molar refractivity (Wildman–Crippen MR) is 77.1 cm³/mol. The number of rotatable bonds is 6. The van der Waals surface area contributed by atoms with Crippen LogP contribution in [0.1, 0.15) is 58.2 Å². The van der Waals surface area contributed by atoms with Crippen LogP contribution in [0.25, 0.3) is 0 Å². The van der Waals surface area contributed by atoms with E-state index in [1.165, 1.54) is 0 Å². The third-order valence-corrected chi connectivity index (χ3v) is 4.04. The summed E-state index contributed by atoms with van der Waals surface area (Å²) in [6, 6.07) is 3.24. The van der Waals surface area contributed by atoms with Crippen LogP contribution in [0.4, 0.5) is 0 Å². The van der Waals surface area contributed by atoms with E-state index >= 15 is 0 Å². The van der Waals surface area contributed by atoms with Crippen molar-refractivity contribution in [2.45, 2.75) is 71.2 Å². The molecular formula is C15H27N3O. The maximum absolute atomic E-state index is 5.57. The van der Waals surface area contributed by atoms with Crippen LogP contribution in [-0.4, -0.2) is 28.5 Å². The van der Waals surface area contributed by atoms with E-state index in [1.807, 2.05) is 0 Å². The van der Waals surface area contributed by atoms with Crippen molar-refractivity contribution in [3.8, 4) is 0 Å². The number of aromatic nitrogens is 2. The first-order valence-electron chi connectivity index (χ1n) is 7.61. The molecule has 4 heteroatoms. The fourth-order valence-corrected chi connectivity index (χ4v) is 2.77. The van der Waals surface area contributed by atoms with Crippen molar-refractivity contribution in [2.24, 2.45) is 0 Å². The zero-order valence-electron chi connectivity index (χ0n) is 12.4. The summed E-state index contributed by atoms with van der Waals surface area (Å²) in [5.41, 5.74) is 1.14. The van der Waals surface area contributed by atoms with Gasteiger partial charge in [-0.3, -0.25) is 4.68 Å². The molecule has 0 radical (unpaired) electrons. The van der Waals surface area contributed by atoms with Crippen molar-refractivity contribution in [1.29, 1.82) is 0 Å². The van der Waals surface area contributed by atoms with Crippen molar-refractivity contribution in [2.75, 3.05) is 6.61 Å². The SMILES string of the molecule is CCC(CC)n1ccc(CNC2CCOC(C)C2)n1. The molecule has 0 aliphatic carbocycles. The van der Waals surface area contributed by atoms with Gasteiger partial charge >= 0.3 is 0 Å². The smallest absolute Gasteiger partial charge is 0.0762 e. The Labute approximate surface area is 116 Å². The number of nitrogens with one attached hydrogen (secondary N) is 1. The van der Waals surface area contributed by atoms with Crippen molar-refractivity contribution < 1.29 is 4.74 Å². The lowest BCUT2D eigenvalue weighted by Gasteiger charge is -2.27. The monoisotopic (exact) mass is 265 g/mol. The number of hydrogen-bond acceptors (Lipinski definition) is 3. The highest BCUT2D eigenvalue weighted by molar-refractivity contribution is 5.00. The predicted octanol–water partition coefficient (Wildman–Crippen LogP) is 2.90. The van der Waals surface area contributed by atoms with Gasteiger partial charge in [-0.15, -0.1) is 0 Å². The molecule has 2 unspecified atom stereocenters. The Morgan fingerprint density at radius 3 is 2.95 bits per heavy atom. The van der Waals surface area contributed by atoms with Crippen LogP contribution in [-0.2, 0) is 11.3 Å². The average Bonchev–Trinajstić information content (AvgIpc) is 2.87. The third kappa shape index (κ3) is 4.05. The highest BCUT2D eigenvalue weighted by Crippen LogP contribution is 2.16. The van der Waals surface area contributed by atoms with Crippen LogP contribution >= 0.6 is 0 Å². The standard InChI is InChI=1S/C15H27N3O/c1-4-15(5-2)18-8-6-14(17-18)11-16-13-7-9-19-12(3)10-13/h6,8,12-13,15-16H,4-5,7,9-11H2,1-3H3. The minimum Gasteiger partial charge on any atom is -0.378 e. The summed E-state index contributed by atoms with van der Waals surface area (Å²) < 4.78 is 7.68. The lowest BCUT2D eigenvalue weighted by Crippen LogP contribution is -2.37. The Morgan fingerprint density at radius 2 is 2.26 bits per heavy atom. The molecule has 108 valence electrons. The molecule has 1 aromatic heterocycles. The topological polar surface area (TPSA) is 39.1 Å². The Morgan fingerprint density at radius 1 is 1.47 bits per heavy atom. The summed E-state index contributed by atoms with van der Waals surface area (Å²) in [7, 11) is 0. The number of nitrogens with zero attached hydrogens (tertiary/aromatic N) is 2. The van der Waals surface area contributed by atoms with Crippen LogP contribution < -0.4 is 5.32 Å². The van der Waals surface area contributed by atoms with Crippen LogP contribution in [0.3, 0.4) is 0 Å². The summed E-state index contributed by atoms with van der Waals surface area (Å²) in [5.74, 6) is 0. The zero-order valence-corrected chi connectivity index (χ0v) is 12.4. The second-order valence-corrected chi connectivity index (χ2v) is 5.54. The molecule has 0 saturated carbocycles. The quantitative estimate of drug-likeness (QED) is 0.859. The van der Waals surface area contributed by atoms with Gasteiger partial charge in [0, 0.05) is 25.4 Å². The highest BCUT2D eigenvalue weighted by Gasteiger charge is 2.19. The Bertz CT molecular complexity index is 373. The minimum absolute atomic E-state index is 0.383. The Kier molecular flexibility index (Phi) is 5.40. The van der Waals surface area contributed by atoms with Gasteiger partial charge in [-0.1, -0.05) is 13.8 Å². The van der Waals surface area contributed by atoms with E-state index in [-0.39, 0.29) is 0 Å². The first kappa shape index (κ1) is 14.5. The van der Waals surface area contributed by atoms with Crippen LogP contribution in [0.5, 0.6) is 0 Å². The van der Waals surface area contributed by atoms with Gasteiger partial charge in [0.15, 0.2) is 0 Å². The van der Waals surface area contributed by atoms with Crippen molar-refractivity contribution in [3.63, 3.8) is 0 Å². The molecule has 1 aliphatic rings. The highest BCUT2D eigenvalue weighted by atomic mass is 16.5. The van der Waals surface area contributed by atoms with E-state index in [4.69, 9.17) is 4.74 Å². The molecule has 2 rings (SSSR count). The molecule has 2 heterocycles. The Hall–Kier alpha value is -0.870. The largest absolute Gasteiger partial charge is 0.378 e. The van der Waals surface area contributed by atoms with Crippen molar-refractivity contribution in [3.05, 3.63) is 18.0 Å². The number of hydrogen-bond donors (Lipinski definition) is 1.